The van der Waals surface area contributed by atoms with Gasteiger partial charge in [0.1, 0.15) is 23.9 Å². The van der Waals surface area contributed by atoms with Gasteiger partial charge in [-0.1, -0.05) is 11.6 Å². The van der Waals surface area contributed by atoms with E-state index < -0.39 is 11.7 Å². The van der Waals surface area contributed by atoms with Crippen molar-refractivity contribution >= 4 is 28.8 Å². The molecule has 0 aliphatic carbocycles. The molecule has 0 unspecified atom stereocenters. The molecule has 0 spiro atoms. The second-order valence-corrected chi connectivity index (χ2v) is 6.89. The Morgan fingerprint density at radius 1 is 1.20 bits per heavy atom. The predicted octanol–water partition coefficient (Wildman–Crippen LogP) is 4.22. The third-order valence-corrected chi connectivity index (χ3v) is 4.49. The van der Waals surface area contributed by atoms with E-state index in [1.807, 2.05) is 0 Å². The first-order chi connectivity index (χ1) is 14.4. The molecule has 2 aromatic carbocycles. The number of carbonyl (C=O) groups is 1. The van der Waals surface area contributed by atoms with E-state index in [4.69, 9.17) is 20.9 Å². The number of amides is 1. The fourth-order valence-corrected chi connectivity index (χ4v) is 2.96. The van der Waals surface area contributed by atoms with E-state index in [2.05, 4.69) is 10.3 Å². The molecule has 4 rings (SSSR count). The average Bonchev–Trinajstić information content (AvgIpc) is 3.10. The minimum atomic E-state index is -0.589. The van der Waals surface area contributed by atoms with Crippen molar-refractivity contribution in [2.24, 2.45) is 0 Å². The molecular formula is C21H15ClFN3O4. The van der Waals surface area contributed by atoms with Crippen LogP contribution in [0.1, 0.15) is 21.8 Å². The molecule has 1 amide bonds. The zero-order valence-electron chi connectivity index (χ0n) is 15.7. The summed E-state index contributed by atoms with van der Waals surface area (Å²) in [6.45, 7) is 1.82. The van der Waals surface area contributed by atoms with Crippen LogP contribution in [0.4, 0.5) is 10.1 Å². The van der Waals surface area contributed by atoms with Crippen LogP contribution in [0, 0.1) is 12.7 Å². The first kappa shape index (κ1) is 19.7. The van der Waals surface area contributed by atoms with Crippen LogP contribution in [0.2, 0.25) is 5.02 Å². The van der Waals surface area contributed by atoms with Gasteiger partial charge in [-0.3, -0.25) is 9.59 Å². The fourth-order valence-electron chi connectivity index (χ4n) is 2.78. The molecule has 1 N–H and O–H groups in total. The SMILES string of the molecule is Cc1cc2nc(COc3ccc(NC(=O)c4ccc(F)c(Cl)c4)cc3)cc(=O)n2o1. The molecule has 30 heavy (non-hydrogen) atoms. The summed E-state index contributed by atoms with van der Waals surface area (Å²) in [5.41, 5.74) is 1.32. The highest BCUT2D eigenvalue weighted by molar-refractivity contribution is 6.31. The number of ether oxygens (including phenoxy) is 1. The van der Waals surface area contributed by atoms with Crippen LogP contribution in [0.3, 0.4) is 0 Å². The Bertz CT molecular complexity index is 1300. The topological polar surface area (TPSA) is 85.8 Å². The summed E-state index contributed by atoms with van der Waals surface area (Å²) in [4.78, 5) is 28.6. The number of rotatable bonds is 5. The maximum atomic E-state index is 13.2. The van der Waals surface area contributed by atoms with Crippen LogP contribution in [0.25, 0.3) is 5.65 Å². The number of aryl methyl sites for hydroxylation is 1. The molecule has 0 aliphatic rings. The summed E-state index contributed by atoms with van der Waals surface area (Å²) < 4.78 is 25.2. The smallest absolute Gasteiger partial charge is 0.287 e. The van der Waals surface area contributed by atoms with Gasteiger partial charge in [0.2, 0.25) is 0 Å². The summed E-state index contributed by atoms with van der Waals surface area (Å²) in [5.74, 6) is 0.106. The largest absolute Gasteiger partial charge is 0.487 e. The summed E-state index contributed by atoms with van der Waals surface area (Å²) >= 11 is 5.71. The zero-order chi connectivity index (χ0) is 21.3. The Balaban J connectivity index is 1.40. The number of aromatic nitrogens is 2. The third kappa shape index (κ3) is 4.18. The van der Waals surface area contributed by atoms with Crippen molar-refractivity contribution in [2.45, 2.75) is 13.5 Å². The lowest BCUT2D eigenvalue weighted by Gasteiger charge is -2.08. The minimum absolute atomic E-state index is 0.0930. The number of fused-ring (bicyclic) bond motifs is 1. The van der Waals surface area contributed by atoms with Gasteiger partial charge >= 0.3 is 0 Å². The Kier molecular flexibility index (Phi) is 5.24. The molecule has 2 heterocycles. The van der Waals surface area contributed by atoms with Crippen molar-refractivity contribution in [1.29, 1.82) is 0 Å². The van der Waals surface area contributed by atoms with Gasteiger partial charge in [0.05, 0.1) is 10.7 Å². The van der Waals surface area contributed by atoms with Crippen LogP contribution in [0.15, 0.2) is 63.9 Å². The van der Waals surface area contributed by atoms with Crippen molar-refractivity contribution in [3.8, 4) is 5.75 Å². The van der Waals surface area contributed by atoms with Gasteiger partial charge in [0.15, 0.2) is 5.65 Å². The lowest BCUT2D eigenvalue weighted by Crippen LogP contribution is -2.14. The summed E-state index contributed by atoms with van der Waals surface area (Å²) in [6, 6.07) is 13.4. The Hall–Kier alpha value is -3.65. The number of hydrogen-bond donors (Lipinski definition) is 1. The second kappa shape index (κ2) is 8.00. The fraction of sp³-hybridized carbons (Fsp3) is 0.0952. The van der Waals surface area contributed by atoms with E-state index in [0.29, 0.717) is 28.5 Å². The molecule has 4 aromatic rings. The Labute approximate surface area is 174 Å². The number of anilines is 1. The molecular weight excluding hydrogens is 413 g/mol. The maximum Gasteiger partial charge on any atom is 0.287 e. The van der Waals surface area contributed by atoms with Gasteiger partial charge < -0.3 is 14.6 Å². The summed E-state index contributed by atoms with van der Waals surface area (Å²) in [6.07, 6.45) is 0. The maximum absolute atomic E-state index is 13.2. The van der Waals surface area contributed by atoms with Gasteiger partial charge in [-0.15, -0.1) is 4.57 Å². The van der Waals surface area contributed by atoms with Crippen molar-refractivity contribution < 1.29 is 18.4 Å². The molecule has 7 nitrogen and oxygen atoms in total. The van der Waals surface area contributed by atoms with Gasteiger partial charge in [0, 0.05) is 23.4 Å². The van der Waals surface area contributed by atoms with Crippen molar-refractivity contribution in [3.05, 3.63) is 92.8 Å². The normalized spacial score (nSPS) is 10.9. The van der Waals surface area contributed by atoms with Crippen LogP contribution in [0.5, 0.6) is 5.75 Å². The van der Waals surface area contributed by atoms with E-state index >= 15 is 0 Å². The highest BCUT2D eigenvalue weighted by Crippen LogP contribution is 2.20. The van der Waals surface area contributed by atoms with Gasteiger partial charge in [-0.05, 0) is 49.4 Å². The molecule has 0 radical (unpaired) electrons. The predicted molar refractivity (Wildman–Crippen MR) is 109 cm³/mol. The van der Waals surface area contributed by atoms with Crippen LogP contribution >= 0.6 is 11.6 Å². The molecule has 0 fully saturated rings. The first-order valence-corrected chi connectivity index (χ1v) is 9.26. The van der Waals surface area contributed by atoms with Gasteiger partial charge in [-0.2, -0.15) is 0 Å². The molecule has 2 aromatic heterocycles. The third-order valence-electron chi connectivity index (χ3n) is 4.20. The summed E-state index contributed by atoms with van der Waals surface area (Å²) in [7, 11) is 0. The van der Waals surface area contributed by atoms with E-state index in [1.165, 1.54) is 18.2 Å². The average molecular weight is 428 g/mol. The monoisotopic (exact) mass is 427 g/mol. The lowest BCUT2D eigenvalue weighted by molar-refractivity contribution is 0.102. The molecule has 9 heteroatoms. The summed E-state index contributed by atoms with van der Waals surface area (Å²) in [5, 5.41) is 2.57. The number of nitrogens with one attached hydrogen (secondary N) is 1. The number of benzene rings is 2. The quantitative estimate of drug-likeness (QED) is 0.515. The Morgan fingerprint density at radius 3 is 2.70 bits per heavy atom. The molecule has 0 bridgehead atoms. The number of halogens is 2. The van der Waals surface area contributed by atoms with Crippen molar-refractivity contribution in [1.82, 2.24) is 9.56 Å². The Morgan fingerprint density at radius 2 is 1.97 bits per heavy atom. The number of carbonyl (C=O) groups excluding carboxylic acids is 1. The molecule has 0 saturated carbocycles. The highest BCUT2D eigenvalue weighted by atomic mass is 35.5. The van der Waals surface area contributed by atoms with E-state index in [1.54, 1.807) is 37.3 Å². The van der Waals surface area contributed by atoms with Crippen molar-refractivity contribution in [3.63, 3.8) is 0 Å². The number of hydrogen-bond acceptors (Lipinski definition) is 5. The van der Waals surface area contributed by atoms with Gasteiger partial charge in [0.25, 0.3) is 11.5 Å². The first-order valence-electron chi connectivity index (χ1n) is 8.88. The zero-order valence-corrected chi connectivity index (χ0v) is 16.4. The highest BCUT2D eigenvalue weighted by Gasteiger charge is 2.10. The van der Waals surface area contributed by atoms with Crippen LogP contribution in [-0.4, -0.2) is 15.5 Å². The van der Waals surface area contributed by atoms with Crippen molar-refractivity contribution in [2.75, 3.05) is 5.32 Å². The van der Waals surface area contributed by atoms with E-state index in [9.17, 15) is 14.0 Å². The minimum Gasteiger partial charge on any atom is -0.487 e. The lowest BCUT2D eigenvalue weighted by atomic mass is 10.2. The van der Waals surface area contributed by atoms with E-state index in [-0.39, 0.29) is 22.8 Å². The molecule has 0 saturated heterocycles. The molecule has 0 aliphatic heterocycles. The van der Waals surface area contributed by atoms with Crippen LogP contribution < -0.4 is 15.6 Å². The van der Waals surface area contributed by atoms with Crippen LogP contribution in [-0.2, 0) is 6.61 Å². The second-order valence-electron chi connectivity index (χ2n) is 6.48. The molecule has 0 atom stereocenters. The van der Waals surface area contributed by atoms with E-state index in [0.717, 1.165) is 10.6 Å². The number of nitrogens with zero attached hydrogens (tertiary/aromatic N) is 2. The standard InChI is InChI=1S/C21H15ClFN3O4/c1-12-8-19-24-15(10-20(27)26(19)30-12)11-29-16-5-3-14(4-6-16)25-21(28)13-2-7-18(23)17(22)9-13/h2-10H,11H2,1H3,(H,25,28). The van der Waals surface area contributed by atoms with Gasteiger partial charge in [-0.25, -0.2) is 9.37 Å². The molecule has 152 valence electrons.